The lowest BCUT2D eigenvalue weighted by atomic mass is 9.80. The second-order valence-corrected chi connectivity index (χ2v) is 7.95. The van der Waals surface area contributed by atoms with Crippen molar-refractivity contribution < 1.29 is 9.21 Å². The zero-order valence-corrected chi connectivity index (χ0v) is 16.9. The van der Waals surface area contributed by atoms with Gasteiger partial charge in [-0.15, -0.1) is 5.10 Å². The van der Waals surface area contributed by atoms with E-state index < -0.39 is 0 Å². The van der Waals surface area contributed by atoms with Gasteiger partial charge in [-0.1, -0.05) is 55.7 Å². The van der Waals surface area contributed by atoms with Gasteiger partial charge >= 0.3 is 6.01 Å². The van der Waals surface area contributed by atoms with Crippen LogP contribution in [0.4, 0.5) is 6.01 Å². The summed E-state index contributed by atoms with van der Waals surface area (Å²) < 4.78 is 5.62. The fourth-order valence-electron chi connectivity index (χ4n) is 3.39. The topological polar surface area (TPSA) is 62.5 Å². The Labute approximate surface area is 161 Å². The van der Waals surface area contributed by atoms with E-state index in [0.717, 1.165) is 25.9 Å². The number of rotatable bonds is 6. The molecule has 1 aliphatic rings. The molecule has 1 aromatic carbocycles. The van der Waals surface area contributed by atoms with Gasteiger partial charge in [0.2, 0.25) is 11.8 Å². The van der Waals surface area contributed by atoms with Gasteiger partial charge in [-0.2, -0.15) is 0 Å². The summed E-state index contributed by atoms with van der Waals surface area (Å²) in [7, 11) is 0. The molecule has 6 heteroatoms. The summed E-state index contributed by atoms with van der Waals surface area (Å²) in [6.07, 6.45) is 2.16. The van der Waals surface area contributed by atoms with Gasteiger partial charge in [0.15, 0.2) is 0 Å². The number of hydrogen-bond donors (Lipinski definition) is 0. The van der Waals surface area contributed by atoms with Crippen LogP contribution in [0.1, 0.15) is 50.6 Å². The summed E-state index contributed by atoms with van der Waals surface area (Å²) in [5.74, 6) is 0.886. The van der Waals surface area contributed by atoms with Gasteiger partial charge in [-0.25, -0.2) is 0 Å². The minimum Gasteiger partial charge on any atom is -0.408 e. The van der Waals surface area contributed by atoms with Gasteiger partial charge in [-0.3, -0.25) is 4.79 Å². The molecule has 2 aromatic rings. The number of aryl methyl sites for hydroxylation is 2. The number of carbonyl (C=O) groups excluding carboxylic acids is 1. The molecule has 2 heterocycles. The molecule has 0 radical (unpaired) electrons. The Balaban J connectivity index is 1.50. The van der Waals surface area contributed by atoms with E-state index >= 15 is 0 Å². The van der Waals surface area contributed by atoms with Gasteiger partial charge in [-0.05, 0) is 24.3 Å². The largest absolute Gasteiger partial charge is 0.408 e. The van der Waals surface area contributed by atoms with Crippen LogP contribution in [-0.2, 0) is 16.6 Å². The SMILES string of the molecule is CCc1nnc(N2CCN(C(=O)CCC(C)(C)c3ccc(C)cc3)CC2)o1. The van der Waals surface area contributed by atoms with Crippen LogP contribution in [0, 0.1) is 6.92 Å². The van der Waals surface area contributed by atoms with Crippen LogP contribution in [0.25, 0.3) is 0 Å². The monoisotopic (exact) mass is 370 g/mol. The van der Waals surface area contributed by atoms with Crippen molar-refractivity contribution in [2.24, 2.45) is 0 Å². The van der Waals surface area contributed by atoms with Crippen LogP contribution >= 0.6 is 0 Å². The van der Waals surface area contributed by atoms with Crippen LogP contribution in [0.2, 0.25) is 0 Å². The molecule has 0 aliphatic carbocycles. The van der Waals surface area contributed by atoms with Crippen molar-refractivity contribution >= 4 is 11.9 Å². The Bertz CT molecular complexity index is 759. The van der Waals surface area contributed by atoms with Gasteiger partial charge in [0, 0.05) is 39.0 Å². The van der Waals surface area contributed by atoms with Gasteiger partial charge in [0.1, 0.15) is 0 Å². The molecule has 0 bridgehead atoms. The fraction of sp³-hybridized carbons (Fsp3) is 0.571. The lowest BCUT2D eigenvalue weighted by Gasteiger charge is -2.34. The number of amides is 1. The average Bonchev–Trinajstić information content (AvgIpc) is 3.16. The van der Waals surface area contributed by atoms with Gasteiger partial charge in [0.05, 0.1) is 0 Å². The zero-order valence-electron chi connectivity index (χ0n) is 16.9. The number of benzene rings is 1. The third-order valence-electron chi connectivity index (χ3n) is 5.46. The second-order valence-electron chi connectivity index (χ2n) is 7.95. The normalized spacial score (nSPS) is 15.3. The first-order chi connectivity index (χ1) is 12.9. The predicted octanol–water partition coefficient (Wildman–Crippen LogP) is 3.35. The maximum absolute atomic E-state index is 12.7. The maximum atomic E-state index is 12.7. The number of hydrogen-bond acceptors (Lipinski definition) is 5. The van der Waals surface area contributed by atoms with Crippen LogP contribution in [0.15, 0.2) is 28.7 Å². The molecule has 0 N–H and O–H groups in total. The Morgan fingerprint density at radius 1 is 1.11 bits per heavy atom. The second kappa shape index (κ2) is 8.11. The summed E-state index contributed by atoms with van der Waals surface area (Å²) in [6, 6.07) is 9.19. The molecule has 0 spiro atoms. The molecule has 0 unspecified atom stereocenters. The Hall–Kier alpha value is -2.37. The van der Waals surface area contributed by atoms with Crippen LogP contribution in [0.3, 0.4) is 0 Å². The summed E-state index contributed by atoms with van der Waals surface area (Å²) in [6.45, 7) is 11.4. The van der Waals surface area contributed by atoms with Crippen molar-refractivity contribution in [2.45, 2.75) is 52.4 Å². The van der Waals surface area contributed by atoms with Crippen molar-refractivity contribution in [3.63, 3.8) is 0 Å². The van der Waals surface area contributed by atoms with Crippen LogP contribution < -0.4 is 4.90 Å². The van der Waals surface area contributed by atoms with E-state index in [9.17, 15) is 4.79 Å². The Kier molecular flexibility index (Phi) is 5.82. The number of piperazine rings is 1. The summed E-state index contributed by atoms with van der Waals surface area (Å²) >= 11 is 0. The number of aromatic nitrogens is 2. The predicted molar refractivity (Wildman–Crippen MR) is 106 cm³/mol. The lowest BCUT2D eigenvalue weighted by Crippen LogP contribution is -2.49. The van der Waals surface area contributed by atoms with Gasteiger partial charge < -0.3 is 14.2 Å². The van der Waals surface area contributed by atoms with Crippen molar-refractivity contribution in [3.8, 4) is 0 Å². The highest BCUT2D eigenvalue weighted by atomic mass is 16.4. The molecular formula is C21H30N4O2. The molecule has 1 fully saturated rings. The van der Waals surface area contributed by atoms with Crippen molar-refractivity contribution in [1.29, 1.82) is 0 Å². The summed E-state index contributed by atoms with van der Waals surface area (Å²) in [4.78, 5) is 16.7. The molecule has 3 rings (SSSR count). The molecule has 1 aromatic heterocycles. The summed E-state index contributed by atoms with van der Waals surface area (Å²) in [5.41, 5.74) is 2.54. The molecule has 1 saturated heterocycles. The Morgan fingerprint density at radius 2 is 1.78 bits per heavy atom. The third kappa shape index (κ3) is 4.67. The highest BCUT2D eigenvalue weighted by Gasteiger charge is 2.27. The van der Waals surface area contributed by atoms with Crippen LogP contribution in [0.5, 0.6) is 0 Å². The van der Waals surface area contributed by atoms with E-state index in [0.29, 0.717) is 31.4 Å². The van der Waals surface area contributed by atoms with Crippen molar-refractivity contribution in [1.82, 2.24) is 15.1 Å². The molecule has 27 heavy (non-hydrogen) atoms. The highest BCUT2D eigenvalue weighted by molar-refractivity contribution is 5.76. The van der Waals surface area contributed by atoms with E-state index in [1.165, 1.54) is 11.1 Å². The van der Waals surface area contributed by atoms with E-state index in [1.54, 1.807) is 0 Å². The molecule has 146 valence electrons. The zero-order chi connectivity index (χ0) is 19.4. The first-order valence-corrected chi connectivity index (χ1v) is 9.81. The fourth-order valence-corrected chi connectivity index (χ4v) is 3.39. The number of nitrogens with zero attached hydrogens (tertiary/aromatic N) is 4. The average molecular weight is 370 g/mol. The molecular weight excluding hydrogens is 340 g/mol. The molecule has 0 saturated carbocycles. The van der Waals surface area contributed by atoms with Crippen LogP contribution in [-0.4, -0.2) is 47.2 Å². The smallest absolute Gasteiger partial charge is 0.318 e. The minimum absolute atomic E-state index is 0.00844. The number of anilines is 1. The van der Waals surface area contributed by atoms with Crippen molar-refractivity contribution in [2.75, 3.05) is 31.1 Å². The third-order valence-corrected chi connectivity index (χ3v) is 5.46. The lowest BCUT2D eigenvalue weighted by molar-refractivity contribution is -0.131. The first kappa shape index (κ1) is 19.4. The minimum atomic E-state index is -0.00844. The molecule has 6 nitrogen and oxygen atoms in total. The maximum Gasteiger partial charge on any atom is 0.318 e. The van der Waals surface area contributed by atoms with Crippen molar-refractivity contribution in [3.05, 3.63) is 41.3 Å². The van der Waals surface area contributed by atoms with E-state index in [4.69, 9.17) is 4.42 Å². The first-order valence-electron chi connectivity index (χ1n) is 9.81. The van der Waals surface area contributed by atoms with E-state index in [1.807, 2.05) is 11.8 Å². The summed E-state index contributed by atoms with van der Waals surface area (Å²) in [5, 5.41) is 8.11. The standard InChI is InChI=1S/C21H30N4O2/c1-5-18-22-23-20(27-18)25-14-12-24(13-15-25)19(26)10-11-21(3,4)17-8-6-16(2)7-9-17/h6-9H,5,10-15H2,1-4H3. The molecule has 1 amide bonds. The highest BCUT2D eigenvalue weighted by Crippen LogP contribution is 2.29. The Morgan fingerprint density at radius 3 is 2.37 bits per heavy atom. The van der Waals surface area contributed by atoms with Gasteiger partial charge in [0.25, 0.3) is 0 Å². The quantitative estimate of drug-likeness (QED) is 0.780. The molecule has 1 aliphatic heterocycles. The van der Waals surface area contributed by atoms with E-state index in [2.05, 4.69) is 60.1 Å². The number of carbonyl (C=O) groups is 1. The molecule has 0 atom stereocenters. The van der Waals surface area contributed by atoms with E-state index in [-0.39, 0.29) is 11.3 Å².